The number of aromatic nitrogens is 3. The Labute approximate surface area is 70.8 Å². The summed E-state index contributed by atoms with van der Waals surface area (Å²) in [4.78, 5) is 3.11. The van der Waals surface area contributed by atoms with Gasteiger partial charge in [-0.1, -0.05) is 13.8 Å². The highest BCUT2D eigenvalue weighted by molar-refractivity contribution is 5.74. The number of H-pyrrole nitrogens is 1. The summed E-state index contributed by atoms with van der Waals surface area (Å²) in [6.45, 7) is 4.22. The average molecular weight is 161 g/mol. The monoisotopic (exact) mass is 161 g/mol. The first kappa shape index (κ1) is 7.28. The van der Waals surface area contributed by atoms with E-state index in [1.165, 1.54) is 0 Å². The maximum absolute atomic E-state index is 4.11. The third kappa shape index (κ3) is 1.07. The first-order valence-corrected chi connectivity index (χ1v) is 4.08. The van der Waals surface area contributed by atoms with E-state index < -0.39 is 0 Å². The Morgan fingerprint density at radius 3 is 2.92 bits per heavy atom. The van der Waals surface area contributed by atoms with E-state index in [1.807, 2.05) is 18.3 Å². The van der Waals surface area contributed by atoms with Crippen LogP contribution in [0.15, 0.2) is 18.3 Å². The lowest BCUT2D eigenvalue weighted by molar-refractivity contribution is 0.794. The molecule has 1 N–H and O–H groups in total. The minimum atomic E-state index is 0.435. The topological polar surface area (TPSA) is 41.6 Å². The molecule has 0 fully saturated rings. The minimum absolute atomic E-state index is 0.435. The van der Waals surface area contributed by atoms with Crippen LogP contribution in [0.5, 0.6) is 0 Å². The lowest BCUT2D eigenvalue weighted by Crippen LogP contribution is -1.94. The molecule has 3 nitrogen and oxygen atoms in total. The van der Waals surface area contributed by atoms with Gasteiger partial charge in [0.1, 0.15) is 5.52 Å². The van der Waals surface area contributed by atoms with E-state index in [4.69, 9.17) is 0 Å². The van der Waals surface area contributed by atoms with E-state index in [-0.39, 0.29) is 0 Å². The van der Waals surface area contributed by atoms with Gasteiger partial charge in [-0.3, -0.25) is 0 Å². The Morgan fingerprint density at radius 1 is 1.33 bits per heavy atom. The summed E-state index contributed by atoms with van der Waals surface area (Å²) >= 11 is 0. The Morgan fingerprint density at radius 2 is 2.17 bits per heavy atom. The van der Waals surface area contributed by atoms with Crippen LogP contribution in [0, 0.1) is 0 Å². The van der Waals surface area contributed by atoms with Crippen molar-refractivity contribution in [2.45, 2.75) is 19.8 Å². The molecule has 0 saturated heterocycles. The molecular weight excluding hydrogens is 150 g/mol. The second-order valence-corrected chi connectivity index (χ2v) is 3.20. The lowest BCUT2D eigenvalue weighted by atomic mass is 10.1. The number of nitrogens with one attached hydrogen (secondary N) is 1. The molecule has 0 spiro atoms. The SMILES string of the molecule is CC(C)c1cc2[nH]ccc2nn1. The number of aromatic amines is 1. The van der Waals surface area contributed by atoms with E-state index in [0.717, 1.165) is 16.7 Å². The molecule has 12 heavy (non-hydrogen) atoms. The summed E-state index contributed by atoms with van der Waals surface area (Å²) in [6, 6.07) is 3.97. The van der Waals surface area contributed by atoms with E-state index in [9.17, 15) is 0 Å². The summed E-state index contributed by atoms with van der Waals surface area (Å²) in [5.74, 6) is 0.435. The predicted molar refractivity (Wildman–Crippen MR) is 48.0 cm³/mol. The number of rotatable bonds is 1. The zero-order valence-electron chi connectivity index (χ0n) is 7.20. The highest BCUT2D eigenvalue weighted by Crippen LogP contribution is 2.14. The van der Waals surface area contributed by atoms with Gasteiger partial charge in [0.2, 0.25) is 0 Å². The maximum atomic E-state index is 4.11. The smallest absolute Gasteiger partial charge is 0.111 e. The van der Waals surface area contributed by atoms with Crippen LogP contribution in [0.3, 0.4) is 0 Å². The molecule has 0 aliphatic heterocycles. The molecular formula is C9H11N3. The van der Waals surface area contributed by atoms with E-state index >= 15 is 0 Å². The second kappa shape index (κ2) is 2.59. The normalized spacial score (nSPS) is 11.2. The van der Waals surface area contributed by atoms with Crippen molar-refractivity contribution in [2.75, 3.05) is 0 Å². The zero-order chi connectivity index (χ0) is 8.55. The summed E-state index contributed by atoms with van der Waals surface area (Å²) < 4.78 is 0. The summed E-state index contributed by atoms with van der Waals surface area (Å²) in [5.41, 5.74) is 3.03. The summed E-state index contributed by atoms with van der Waals surface area (Å²) in [7, 11) is 0. The standard InChI is InChI=1S/C9H11N3/c1-6(2)8-5-9-7(11-12-8)3-4-10-9/h3-6,10H,1-2H3. The molecule has 0 amide bonds. The fourth-order valence-corrected chi connectivity index (χ4v) is 1.15. The van der Waals surface area contributed by atoms with E-state index in [0.29, 0.717) is 5.92 Å². The van der Waals surface area contributed by atoms with Crippen molar-refractivity contribution in [3.05, 3.63) is 24.0 Å². The van der Waals surface area contributed by atoms with Gasteiger partial charge >= 0.3 is 0 Å². The first-order valence-electron chi connectivity index (χ1n) is 4.08. The van der Waals surface area contributed by atoms with Crippen LogP contribution < -0.4 is 0 Å². The predicted octanol–water partition coefficient (Wildman–Crippen LogP) is 2.08. The van der Waals surface area contributed by atoms with Crippen LogP contribution in [0.1, 0.15) is 25.5 Å². The Balaban J connectivity index is 2.60. The molecule has 3 heteroatoms. The Hall–Kier alpha value is -1.38. The molecule has 0 aliphatic carbocycles. The number of fused-ring (bicyclic) bond motifs is 1. The quantitative estimate of drug-likeness (QED) is 0.695. The molecule has 2 heterocycles. The van der Waals surface area contributed by atoms with Crippen molar-refractivity contribution >= 4 is 11.0 Å². The van der Waals surface area contributed by atoms with Crippen LogP contribution in [0.25, 0.3) is 11.0 Å². The van der Waals surface area contributed by atoms with Crippen LogP contribution in [-0.2, 0) is 0 Å². The fraction of sp³-hybridized carbons (Fsp3) is 0.333. The molecule has 0 atom stereocenters. The van der Waals surface area contributed by atoms with Crippen molar-refractivity contribution in [3.8, 4) is 0 Å². The Kier molecular flexibility index (Phi) is 1.57. The maximum Gasteiger partial charge on any atom is 0.111 e. The lowest BCUT2D eigenvalue weighted by Gasteiger charge is -2.01. The van der Waals surface area contributed by atoms with Crippen molar-refractivity contribution in [2.24, 2.45) is 0 Å². The van der Waals surface area contributed by atoms with Crippen LogP contribution in [0.4, 0.5) is 0 Å². The molecule has 2 aromatic heterocycles. The minimum Gasteiger partial charge on any atom is -0.360 e. The van der Waals surface area contributed by atoms with Gasteiger partial charge in [-0.25, -0.2) is 0 Å². The van der Waals surface area contributed by atoms with Gasteiger partial charge in [0.15, 0.2) is 0 Å². The molecule has 0 aromatic carbocycles. The third-order valence-corrected chi connectivity index (χ3v) is 1.91. The largest absolute Gasteiger partial charge is 0.360 e. The van der Waals surface area contributed by atoms with Gasteiger partial charge in [0, 0.05) is 6.20 Å². The van der Waals surface area contributed by atoms with Gasteiger partial charge in [-0.15, -0.1) is 5.10 Å². The third-order valence-electron chi connectivity index (χ3n) is 1.91. The molecule has 2 rings (SSSR count). The van der Waals surface area contributed by atoms with Crippen LogP contribution in [-0.4, -0.2) is 15.2 Å². The summed E-state index contributed by atoms with van der Waals surface area (Å²) in [6.07, 6.45) is 1.88. The molecule has 0 radical (unpaired) electrons. The fourth-order valence-electron chi connectivity index (χ4n) is 1.15. The molecule has 62 valence electrons. The van der Waals surface area contributed by atoms with Crippen molar-refractivity contribution in [1.29, 1.82) is 0 Å². The molecule has 0 bridgehead atoms. The number of hydrogen-bond donors (Lipinski definition) is 1. The highest BCUT2D eigenvalue weighted by atomic mass is 15.1. The molecule has 0 unspecified atom stereocenters. The number of nitrogens with zero attached hydrogens (tertiary/aromatic N) is 2. The average Bonchev–Trinajstić information content (AvgIpc) is 2.49. The van der Waals surface area contributed by atoms with Crippen molar-refractivity contribution in [1.82, 2.24) is 15.2 Å². The second-order valence-electron chi connectivity index (χ2n) is 3.20. The molecule has 0 saturated carbocycles. The van der Waals surface area contributed by atoms with E-state index in [1.54, 1.807) is 0 Å². The summed E-state index contributed by atoms with van der Waals surface area (Å²) in [5, 5.41) is 8.19. The van der Waals surface area contributed by atoms with Gasteiger partial charge < -0.3 is 4.98 Å². The zero-order valence-corrected chi connectivity index (χ0v) is 7.20. The Bertz CT molecular complexity index is 389. The van der Waals surface area contributed by atoms with Crippen molar-refractivity contribution in [3.63, 3.8) is 0 Å². The first-order chi connectivity index (χ1) is 5.77. The van der Waals surface area contributed by atoms with E-state index in [2.05, 4.69) is 29.0 Å². The van der Waals surface area contributed by atoms with Gasteiger partial charge in [0.25, 0.3) is 0 Å². The van der Waals surface area contributed by atoms with Crippen LogP contribution >= 0.6 is 0 Å². The molecule has 2 aromatic rings. The van der Waals surface area contributed by atoms with Gasteiger partial charge in [-0.05, 0) is 18.1 Å². The number of hydrogen-bond acceptors (Lipinski definition) is 2. The highest BCUT2D eigenvalue weighted by Gasteiger charge is 2.03. The van der Waals surface area contributed by atoms with Gasteiger partial charge in [-0.2, -0.15) is 5.10 Å². The van der Waals surface area contributed by atoms with Crippen LogP contribution in [0.2, 0.25) is 0 Å². The molecule has 0 aliphatic rings. The van der Waals surface area contributed by atoms with Crippen molar-refractivity contribution < 1.29 is 0 Å². The van der Waals surface area contributed by atoms with Gasteiger partial charge in [0.05, 0.1) is 11.2 Å².